The van der Waals surface area contributed by atoms with E-state index in [9.17, 15) is 4.79 Å². The van der Waals surface area contributed by atoms with Crippen LogP contribution in [-0.2, 0) is 4.79 Å². The van der Waals surface area contributed by atoms with Crippen molar-refractivity contribution in [2.24, 2.45) is 5.92 Å². The number of carbonyl (C=O) groups excluding carboxylic acids is 1. The van der Waals surface area contributed by atoms with Crippen molar-refractivity contribution in [1.29, 1.82) is 0 Å². The van der Waals surface area contributed by atoms with Gasteiger partial charge in [-0.25, -0.2) is 0 Å². The third kappa shape index (κ3) is 3.45. The van der Waals surface area contributed by atoms with E-state index in [0.29, 0.717) is 12.1 Å². The molecule has 0 aliphatic carbocycles. The lowest BCUT2D eigenvalue weighted by Gasteiger charge is -2.28. The summed E-state index contributed by atoms with van der Waals surface area (Å²) in [6.07, 6.45) is 4.65. The van der Waals surface area contributed by atoms with Crippen LogP contribution in [0.25, 0.3) is 0 Å². The van der Waals surface area contributed by atoms with Gasteiger partial charge in [-0.3, -0.25) is 9.69 Å². The first-order chi connectivity index (χ1) is 8.70. The van der Waals surface area contributed by atoms with Crippen molar-refractivity contribution in [3.63, 3.8) is 0 Å². The molecule has 2 fully saturated rings. The first-order valence-electron chi connectivity index (χ1n) is 7.45. The average molecular weight is 253 g/mol. The fourth-order valence-corrected chi connectivity index (χ4v) is 3.13. The van der Waals surface area contributed by atoms with Gasteiger partial charge in [0.15, 0.2) is 0 Å². The van der Waals surface area contributed by atoms with Crippen molar-refractivity contribution in [1.82, 2.24) is 15.5 Å². The van der Waals surface area contributed by atoms with Crippen LogP contribution in [0.3, 0.4) is 0 Å². The molecule has 2 rings (SSSR count). The van der Waals surface area contributed by atoms with Gasteiger partial charge < -0.3 is 10.6 Å². The Bertz CT molecular complexity index is 274. The predicted octanol–water partition coefficient (Wildman–Crippen LogP) is 0.975. The third-order valence-electron chi connectivity index (χ3n) is 4.45. The standard InChI is InChI=1S/C14H27N3O/c1-3-17-8-4-5-13(17)10-16-14(18)12-7-6-11(2)15-9-12/h11-13,15H,3-10H2,1-2H3,(H,16,18). The van der Waals surface area contributed by atoms with Crippen molar-refractivity contribution >= 4 is 5.91 Å². The minimum atomic E-state index is 0.178. The van der Waals surface area contributed by atoms with Crippen LogP contribution in [0.1, 0.15) is 39.5 Å². The molecule has 0 saturated carbocycles. The largest absolute Gasteiger partial charge is 0.354 e. The van der Waals surface area contributed by atoms with Crippen LogP contribution in [0.5, 0.6) is 0 Å². The lowest BCUT2D eigenvalue weighted by molar-refractivity contribution is -0.125. The summed E-state index contributed by atoms with van der Waals surface area (Å²) in [5, 5.41) is 6.54. The quantitative estimate of drug-likeness (QED) is 0.785. The molecule has 2 saturated heterocycles. The van der Waals surface area contributed by atoms with E-state index in [0.717, 1.165) is 32.5 Å². The summed E-state index contributed by atoms with van der Waals surface area (Å²) in [7, 11) is 0. The Kier molecular flexibility index (Phi) is 5.01. The minimum Gasteiger partial charge on any atom is -0.354 e. The Morgan fingerprint density at radius 1 is 1.39 bits per heavy atom. The van der Waals surface area contributed by atoms with Crippen LogP contribution in [0, 0.1) is 5.92 Å². The van der Waals surface area contributed by atoms with Gasteiger partial charge in [-0.15, -0.1) is 0 Å². The van der Waals surface area contributed by atoms with Crippen molar-refractivity contribution in [3.8, 4) is 0 Å². The van der Waals surface area contributed by atoms with E-state index in [1.807, 2.05) is 0 Å². The van der Waals surface area contributed by atoms with Gasteiger partial charge >= 0.3 is 0 Å². The summed E-state index contributed by atoms with van der Waals surface area (Å²) < 4.78 is 0. The number of hydrogen-bond donors (Lipinski definition) is 2. The van der Waals surface area contributed by atoms with Crippen LogP contribution in [0.15, 0.2) is 0 Å². The van der Waals surface area contributed by atoms with Crippen LogP contribution >= 0.6 is 0 Å². The number of likely N-dealkylation sites (N-methyl/N-ethyl adjacent to an activating group) is 1. The molecule has 0 spiro atoms. The molecule has 2 aliphatic rings. The van der Waals surface area contributed by atoms with Crippen molar-refractivity contribution in [2.45, 2.75) is 51.6 Å². The molecular weight excluding hydrogens is 226 g/mol. The fourth-order valence-electron chi connectivity index (χ4n) is 3.13. The van der Waals surface area contributed by atoms with Crippen molar-refractivity contribution in [3.05, 3.63) is 0 Å². The molecule has 0 bridgehead atoms. The third-order valence-corrected chi connectivity index (χ3v) is 4.45. The van der Waals surface area contributed by atoms with Gasteiger partial charge in [0.25, 0.3) is 0 Å². The first kappa shape index (κ1) is 13.8. The van der Waals surface area contributed by atoms with E-state index in [1.54, 1.807) is 0 Å². The molecule has 4 heteroatoms. The molecule has 0 radical (unpaired) electrons. The summed E-state index contributed by atoms with van der Waals surface area (Å²) in [6.45, 7) is 8.36. The predicted molar refractivity (Wildman–Crippen MR) is 73.5 cm³/mol. The molecule has 104 valence electrons. The van der Waals surface area contributed by atoms with Crippen molar-refractivity contribution in [2.75, 3.05) is 26.2 Å². The highest BCUT2D eigenvalue weighted by Crippen LogP contribution is 2.17. The molecule has 0 aromatic carbocycles. The van der Waals surface area contributed by atoms with E-state index in [-0.39, 0.29) is 11.8 Å². The Hall–Kier alpha value is -0.610. The van der Waals surface area contributed by atoms with E-state index in [2.05, 4.69) is 29.4 Å². The zero-order valence-corrected chi connectivity index (χ0v) is 11.7. The lowest BCUT2D eigenvalue weighted by atomic mass is 9.95. The van der Waals surface area contributed by atoms with Crippen LogP contribution in [-0.4, -0.2) is 49.1 Å². The smallest absolute Gasteiger partial charge is 0.224 e. The van der Waals surface area contributed by atoms with Gasteiger partial charge in [-0.1, -0.05) is 6.92 Å². The van der Waals surface area contributed by atoms with E-state index >= 15 is 0 Å². The molecule has 3 atom stereocenters. The average Bonchev–Trinajstić information content (AvgIpc) is 2.84. The van der Waals surface area contributed by atoms with Crippen LogP contribution in [0.4, 0.5) is 0 Å². The molecule has 0 aromatic heterocycles. The normalized spacial score (nSPS) is 33.6. The van der Waals surface area contributed by atoms with Crippen molar-refractivity contribution < 1.29 is 4.79 Å². The number of amides is 1. The number of carbonyl (C=O) groups is 1. The minimum absolute atomic E-state index is 0.178. The van der Waals surface area contributed by atoms with E-state index in [4.69, 9.17) is 0 Å². The Morgan fingerprint density at radius 3 is 2.89 bits per heavy atom. The Balaban J connectivity index is 1.71. The molecule has 18 heavy (non-hydrogen) atoms. The topological polar surface area (TPSA) is 44.4 Å². The maximum atomic E-state index is 12.1. The molecular formula is C14H27N3O. The highest BCUT2D eigenvalue weighted by molar-refractivity contribution is 5.79. The molecule has 3 unspecified atom stereocenters. The summed E-state index contributed by atoms with van der Waals surface area (Å²) in [4.78, 5) is 14.6. The van der Waals surface area contributed by atoms with Gasteiger partial charge in [-0.05, 0) is 45.7 Å². The molecule has 1 amide bonds. The summed E-state index contributed by atoms with van der Waals surface area (Å²) in [5.41, 5.74) is 0. The highest BCUT2D eigenvalue weighted by atomic mass is 16.1. The van der Waals surface area contributed by atoms with Gasteiger partial charge in [0.1, 0.15) is 0 Å². The van der Waals surface area contributed by atoms with E-state index in [1.165, 1.54) is 19.4 Å². The first-order valence-corrected chi connectivity index (χ1v) is 7.45. The lowest BCUT2D eigenvalue weighted by Crippen LogP contribution is -2.47. The van der Waals surface area contributed by atoms with Gasteiger partial charge in [0.2, 0.25) is 5.91 Å². The number of rotatable bonds is 4. The van der Waals surface area contributed by atoms with Crippen LogP contribution in [0.2, 0.25) is 0 Å². The maximum absolute atomic E-state index is 12.1. The molecule has 2 N–H and O–H groups in total. The molecule has 4 nitrogen and oxygen atoms in total. The Labute approximate surface area is 110 Å². The zero-order valence-electron chi connectivity index (χ0n) is 11.7. The second-order valence-electron chi connectivity index (χ2n) is 5.75. The number of hydrogen-bond acceptors (Lipinski definition) is 3. The fraction of sp³-hybridized carbons (Fsp3) is 0.929. The monoisotopic (exact) mass is 253 g/mol. The second kappa shape index (κ2) is 6.53. The second-order valence-corrected chi connectivity index (χ2v) is 5.75. The summed E-state index contributed by atoms with van der Waals surface area (Å²) in [6, 6.07) is 1.13. The highest BCUT2D eigenvalue weighted by Gasteiger charge is 2.26. The van der Waals surface area contributed by atoms with Crippen LogP contribution < -0.4 is 10.6 Å². The van der Waals surface area contributed by atoms with Gasteiger partial charge in [0, 0.05) is 25.2 Å². The summed E-state index contributed by atoms with van der Waals surface area (Å²) >= 11 is 0. The SMILES string of the molecule is CCN1CCCC1CNC(=O)C1CCC(C)NC1. The number of nitrogens with one attached hydrogen (secondary N) is 2. The maximum Gasteiger partial charge on any atom is 0.224 e. The number of likely N-dealkylation sites (tertiary alicyclic amines) is 1. The number of nitrogens with zero attached hydrogens (tertiary/aromatic N) is 1. The molecule has 2 aliphatic heterocycles. The molecule has 0 aromatic rings. The van der Waals surface area contributed by atoms with Gasteiger partial charge in [-0.2, -0.15) is 0 Å². The van der Waals surface area contributed by atoms with Gasteiger partial charge in [0.05, 0.1) is 5.92 Å². The summed E-state index contributed by atoms with van der Waals surface area (Å²) in [5.74, 6) is 0.426. The molecule has 2 heterocycles. The van der Waals surface area contributed by atoms with E-state index < -0.39 is 0 Å². The number of piperidine rings is 1. The Morgan fingerprint density at radius 2 is 2.22 bits per heavy atom. The zero-order chi connectivity index (χ0) is 13.0.